The summed E-state index contributed by atoms with van der Waals surface area (Å²) in [6.07, 6.45) is 1.59. The Labute approximate surface area is 123 Å². The van der Waals surface area contributed by atoms with Crippen molar-refractivity contribution in [2.24, 2.45) is 0 Å². The fourth-order valence-corrected chi connectivity index (χ4v) is 2.70. The number of aromatic nitrogens is 2. The standard InChI is InChI=1S/C13H17N3O4S/c1-10-11(8-14-16-10)9-15-21(18,19)13-4-2-12(3-5-13)20-7-6-17/h2-5,8,15,17H,6-7,9H2,1H3,(H,14,16). The van der Waals surface area contributed by atoms with Crippen LogP contribution in [-0.2, 0) is 16.6 Å². The third-order valence-electron chi connectivity index (χ3n) is 2.88. The molecule has 2 aromatic rings. The Balaban J connectivity index is 2.03. The minimum absolute atomic E-state index is 0.0916. The van der Waals surface area contributed by atoms with E-state index in [0.29, 0.717) is 5.75 Å². The predicted octanol–water partition coefficient (Wildman–Crippen LogP) is 0.568. The van der Waals surface area contributed by atoms with E-state index in [-0.39, 0.29) is 24.7 Å². The second kappa shape index (κ2) is 6.70. The highest BCUT2D eigenvalue weighted by molar-refractivity contribution is 7.89. The molecule has 0 unspecified atom stereocenters. The number of H-pyrrole nitrogens is 1. The number of nitrogens with one attached hydrogen (secondary N) is 2. The zero-order valence-electron chi connectivity index (χ0n) is 11.5. The zero-order chi connectivity index (χ0) is 15.3. The molecule has 1 aromatic heterocycles. The monoisotopic (exact) mass is 311 g/mol. The third kappa shape index (κ3) is 4.03. The van der Waals surface area contributed by atoms with Crippen molar-refractivity contribution in [3.05, 3.63) is 41.7 Å². The van der Waals surface area contributed by atoms with Gasteiger partial charge in [-0.25, -0.2) is 13.1 Å². The van der Waals surface area contributed by atoms with E-state index in [4.69, 9.17) is 9.84 Å². The molecule has 0 atom stereocenters. The van der Waals surface area contributed by atoms with Crippen LogP contribution in [0.4, 0.5) is 0 Å². The predicted molar refractivity (Wildman–Crippen MR) is 76.4 cm³/mol. The Hall–Kier alpha value is -1.90. The maximum atomic E-state index is 12.1. The maximum Gasteiger partial charge on any atom is 0.240 e. The molecule has 0 aliphatic rings. The van der Waals surface area contributed by atoms with Gasteiger partial charge in [0.2, 0.25) is 10.0 Å². The van der Waals surface area contributed by atoms with Crippen LogP contribution in [-0.4, -0.2) is 36.9 Å². The van der Waals surface area contributed by atoms with Crippen LogP contribution >= 0.6 is 0 Å². The number of benzene rings is 1. The Bertz CT molecular complexity index is 680. The van der Waals surface area contributed by atoms with Gasteiger partial charge in [0.05, 0.1) is 17.7 Å². The number of aliphatic hydroxyl groups is 1. The van der Waals surface area contributed by atoms with Gasteiger partial charge in [-0.3, -0.25) is 5.10 Å². The van der Waals surface area contributed by atoms with Crippen LogP contribution in [0.5, 0.6) is 5.75 Å². The number of rotatable bonds is 7. The van der Waals surface area contributed by atoms with E-state index in [0.717, 1.165) is 11.3 Å². The minimum Gasteiger partial charge on any atom is -0.491 e. The molecule has 0 aliphatic carbocycles. The Morgan fingerprint density at radius 3 is 2.62 bits per heavy atom. The first-order valence-electron chi connectivity index (χ1n) is 6.35. The number of hydrogen-bond donors (Lipinski definition) is 3. The van der Waals surface area contributed by atoms with Gasteiger partial charge >= 0.3 is 0 Å². The van der Waals surface area contributed by atoms with Crippen LogP contribution in [0.25, 0.3) is 0 Å². The smallest absolute Gasteiger partial charge is 0.240 e. The first kappa shape index (κ1) is 15.5. The van der Waals surface area contributed by atoms with Gasteiger partial charge in [-0.2, -0.15) is 5.10 Å². The summed E-state index contributed by atoms with van der Waals surface area (Å²) in [6.45, 7) is 2.08. The largest absolute Gasteiger partial charge is 0.491 e. The number of aryl methyl sites for hydroxylation is 1. The SMILES string of the molecule is Cc1[nH]ncc1CNS(=O)(=O)c1ccc(OCCO)cc1. The van der Waals surface area contributed by atoms with Crippen molar-refractivity contribution in [2.45, 2.75) is 18.4 Å². The summed E-state index contributed by atoms with van der Waals surface area (Å²) in [4.78, 5) is 0.153. The summed E-state index contributed by atoms with van der Waals surface area (Å²) < 4.78 is 32.0. The third-order valence-corrected chi connectivity index (χ3v) is 4.30. The van der Waals surface area contributed by atoms with Crippen LogP contribution in [0.3, 0.4) is 0 Å². The average Bonchev–Trinajstić information content (AvgIpc) is 2.89. The van der Waals surface area contributed by atoms with E-state index in [9.17, 15) is 8.42 Å². The normalized spacial score (nSPS) is 11.5. The quantitative estimate of drug-likeness (QED) is 0.693. The number of ether oxygens (including phenoxy) is 1. The van der Waals surface area contributed by atoms with Crippen LogP contribution in [0.1, 0.15) is 11.3 Å². The molecule has 0 saturated carbocycles. The highest BCUT2D eigenvalue weighted by atomic mass is 32.2. The molecule has 0 spiro atoms. The molecule has 2 rings (SSSR count). The lowest BCUT2D eigenvalue weighted by Gasteiger charge is -2.08. The van der Waals surface area contributed by atoms with Crippen LogP contribution in [0.15, 0.2) is 35.4 Å². The summed E-state index contributed by atoms with van der Waals surface area (Å²) in [5.41, 5.74) is 1.62. The highest BCUT2D eigenvalue weighted by Gasteiger charge is 2.14. The molecule has 114 valence electrons. The van der Waals surface area contributed by atoms with Gasteiger partial charge in [0.15, 0.2) is 0 Å². The molecule has 0 radical (unpaired) electrons. The van der Waals surface area contributed by atoms with Gasteiger partial charge in [0, 0.05) is 17.8 Å². The Morgan fingerprint density at radius 1 is 1.33 bits per heavy atom. The van der Waals surface area contributed by atoms with Crippen molar-refractivity contribution in [1.82, 2.24) is 14.9 Å². The van der Waals surface area contributed by atoms with E-state index >= 15 is 0 Å². The summed E-state index contributed by atoms with van der Waals surface area (Å²) in [6, 6.07) is 6.01. The van der Waals surface area contributed by atoms with E-state index < -0.39 is 10.0 Å². The second-order valence-corrected chi connectivity index (χ2v) is 6.16. The number of sulfonamides is 1. The fraction of sp³-hybridized carbons (Fsp3) is 0.308. The second-order valence-electron chi connectivity index (χ2n) is 4.39. The van der Waals surface area contributed by atoms with Gasteiger partial charge in [0.25, 0.3) is 0 Å². The lowest BCUT2D eigenvalue weighted by molar-refractivity contribution is 0.201. The molecule has 1 heterocycles. The minimum atomic E-state index is -3.59. The molecule has 21 heavy (non-hydrogen) atoms. The molecule has 0 aliphatic heterocycles. The van der Waals surface area contributed by atoms with Crippen molar-refractivity contribution in [2.75, 3.05) is 13.2 Å². The van der Waals surface area contributed by atoms with Gasteiger partial charge in [0.1, 0.15) is 12.4 Å². The molecule has 8 heteroatoms. The number of aliphatic hydroxyl groups excluding tert-OH is 1. The zero-order valence-corrected chi connectivity index (χ0v) is 12.4. The molecular weight excluding hydrogens is 294 g/mol. The molecule has 0 saturated heterocycles. The van der Waals surface area contributed by atoms with Crippen LogP contribution in [0, 0.1) is 6.92 Å². The van der Waals surface area contributed by atoms with Crippen LogP contribution in [0.2, 0.25) is 0 Å². The summed E-state index contributed by atoms with van der Waals surface area (Å²) in [5.74, 6) is 0.508. The van der Waals surface area contributed by atoms with E-state index in [1.165, 1.54) is 12.1 Å². The number of aromatic amines is 1. The Kier molecular flexibility index (Phi) is 4.94. The summed E-state index contributed by atoms with van der Waals surface area (Å²) in [5, 5.41) is 15.2. The van der Waals surface area contributed by atoms with Crippen molar-refractivity contribution in [1.29, 1.82) is 0 Å². The lowest BCUT2D eigenvalue weighted by Crippen LogP contribution is -2.23. The van der Waals surface area contributed by atoms with Gasteiger partial charge in [-0.15, -0.1) is 0 Å². The summed E-state index contributed by atoms with van der Waals surface area (Å²) in [7, 11) is -3.59. The first-order valence-corrected chi connectivity index (χ1v) is 7.83. The van der Waals surface area contributed by atoms with Crippen molar-refractivity contribution in [3.8, 4) is 5.75 Å². The molecular formula is C13H17N3O4S. The summed E-state index contributed by atoms with van der Waals surface area (Å²) >= 11 is 0. The molecule has 1 aromatic carbocycles. The molecule has 3 N–H and O–H groups in total. The number of nitrogens with zero attached hydrogens (tertiary/aromatic N) is 1. The lowest BCUT2D eigenvalue weighted by atomic mass is 10.3. The number of hydrogen-bond acceptors (Lipinski definition) is 5. The van der Waals surface area contributed by atoms with Crippen molar-refractivity contribution < 1.29 is 18.3 Å². The molecule has 0 bridgehead atoms. The first-order chi connectivity index (χ1) is 10.0. The highest BCUT2D eigenvalue weighted by Crippen LogP contribution is 2.16. The molecule has 0 fully saturated rings. The van der Waals surface area contributed by atoms with E-state index in [1.54, 1.807) is 18.3 Å². The average molecular weight is 311 g/mol. The Morgan fingerprint density at radius 2 is 2.05 bits per heavy atom. The van der Waals surface area contributed by atoms with E-state index in [2.05, 4.69) is 14.9 Å². The van der Waals surface area contributed by atoms with Crippen molar-refractivity contribution >= 4 is 10.0 Å². The van der Waals surface area contributed by atoms with Crippen LogP contribution < -0.4 is 9.46 Å². The van der Waals surface area contributed by atoms with Gasteiger partial charge < -0.3 is 9.84 Å². The fourth-order valence-electron chi connectivity index (χ4n) is 1.69. The maximum absolute atomic E-state index is 12.1. The van der Waals surface area contributed by atoms with Gasteiger partial charge in [-0.1, -0.05) is 0 Å². The van der Waals surface area contributed by atoms with E-state index in [1.807, 2.05) is 6.92 Å². The molecule has 0 amide bonds. The van der Waals surface area contributed by atoms with Gasteiger partial charge in [-0.05, 0) is 31.2 Å². The topological polar surface area (TPSA) is 104 Å². The van der Waals surface area contributed by atoms with Crippen molar-refractivity contribution in [3.63, 3.8) is 0 Å². The molecule has 7 nitrogen and oxygen atoms in total.